The third-order valence-corrected chi connectivity index (χ3v) is 6.39. The van der Waals surface area contributed by atoms with E-state index in [2.05, 4.69) is 5.32 Å². The molecule has 8 nitrogen and oxygen atoms in total. The number of carbonyl (C=O) groups is 2. The number of rotatable bonds is 12. The predicted octanol–water partition coefficient (Wildman–Crippen LogP) is 3.10. The summed E-state index contributed by atoms with van der Waals surface area (Å²) < 4.78 is 32.1. The maximum atomic E-state index is 13.6. The van der Waals surface area contributed by atoms with Crippen LogP contribution in [0.3, 0.4) is 0 Å². The van der Waals surface area contributed by atoms with E-state index in [-0.39, 0.29) is 18.1 Å². The van der Waals surface area contributed by atoms with Gasteiger partial charge in [-0.1, -0.05) is 48.9 Å². The molecular weight excluding hydrogens is 454 g/mol. The van der Waals surface area contributed by atoms with Crippen LogP contribution >= 0.6 is 0 Å². The lowest BCUT2D eigenvalue weighted by Gasteiger charge is -2.32. The molecule has 0 spiro atoms. The molecule has 34 heavy (non-hydrogen) atoms. The Bertz CT molecular complexity index is 1090. The van der Waals surface area contributed by atoms with Crippen molar-refractivity contribution in [1.29, 1.82) is 0 Å². The minimum absolute atomic E-state index is 0.173. The lowest BCUT2D eigenvalue weighted by molar-refractivity contribution is -0.139. The Morgan fingerprint density at radius 1 is 1.09 bits per heavy atom. The van der Waals surface area contributed by atoms with Gasteiger partial charge in [0.1, 0.15) is 18.3 Å². The van der Waals surface area contributed by atoms with Gasteiger partial charge in [-0.25, -0.2) is 8.42 Å². The van der Waals surface area contributed by atoms with Crippen LogP contribution in [-0.4, -0.2) is 57.1 Å². The first-order valence-corrected chi connectivity index (χ1v) is 13.3. The van der Waals surface area contributed by atoms with Crippen LogP contribution in [0.15, 0.2) is 48.5 Å². The highest BCUT2D eigenvalue weighted by atomic mass is 32.2. The van der Waals surface area contributed by atoms with Gasteiger partial charge in [-0.2, -0.15) is 0 Å². The van der Waals surface area contributed by atoms with E-state index in [1.165, 1.54) is 4.90 Å². The molecule has 0 bridgehead atoms. The quantitative estimate of drug-likeness (QED) is 0.494. The van der Waals surface area contributed by atoms with Gasteiger partial charge in [0, 0.05) is 13.1 Å². The topological polar surface area (TPSA) is 96.0 Å². The van der Waals surface area contributed by atoms with Gasteiger partial charge < -0.3 is 15.0 Å². The largest absolute Gasteiger partial charge is 0.492 e. The van der Waals surface area contributed by atoms with Crippen molar-refractivity contribution in [3.8, 4) is 5.75 Å². The molecule has 0 radical (unpaired) electrons. The first-order chi connectivity index (χ1) is 16.1. The SMILES string of the molecule is CCCNC(=O)C(C)N(Cc1cccc(C)c1)C(=O)CN(c1ccccc1OCC)S(C)(=O)=O. The number of para-hydroxylation sites is 2. The number of hydrogen-bond donors (Lipinski definition) is 1. The van der Waals surface area contributed by atoms with E-state index in [1.54, 1.807) is 38.1 Å². The molecular formula is C25H35N3O5S. The number of sulfonamides is 1. The zero-order valence-electron chi connectivity index (χ0n) is 20.6. The van der Waals surface area contributed by atoms with Crippen molar-refractivity contribution in [2.24, 2.45) is 0 Å². The van der Waals surface area contributed by atoms with Crippen LogP contribution in [0.2, 0.25) is 0 Å². The Balaban J connectivity index is 2.42. The lowest BCUT2D eigenvalue weighted by Crippen LogP contribution is -2.51. The Labute approximate surface area is 202 Å². The van der Waals surface area contributed by atoms with E-state index in [0.29, 0.717) is 18.9 Å². The Morgan fingerprint density at radius 2 is 1.79 bits per heavy atom. The molecule has 2 amide bonds. The van der Waals surface area contributed by atoms with E-state index in [9.17, 15) is 18.0 Å². The Hall–Kier alpha value is -3.07. The van der Waals surface area contributed by atoms with Gasteiger partial charge in [-0.05, 0) is 44.9 Å². The van der Waals surface area contributed by atoms with Crippen LogP contribution in [0.4, 0.5) is 5.69 Å². The third-order valence-electron chi connectivity index (χ3n) is 5.26. The minimum atomic E-state index is -3.82. The summed E-state index contributed by atoms with van der Waals surface area (Å²) in [6.45, 7) is 7.89. The highest BCUT2D eigenvalue weighted by Gasteiger charge is 2.31. The van der Waals surface area contributed by atoms with Gasteiger partial charge in [0.25, 0.3) is 0 Å². The molecule has 186 valence electrons. The first kappa shape index (κ1) is 27.2. The summed E-state index contributed by atoms with van der Waals surface area (Å²) in [6, 6.07) is 13.5. The summed E-state index contributed by atoms with van der Waals surface area (Å²) in [5, 5.41) is 2.82. The number of carbonyl (C=O) groups excluding carboxylic acids is 2. The average molecular weight is 490 g/mol. The smallest absolute Gasteiger partial charge is 0.244 e. The van der Waals surface area contributed by atoms with Gasteiger partial charge in [0.15, 0.2) is 0 Å². The van der Waals surface area contributed by atoms with Crippen molar-refractivity contribution in [2.75, 3.05) is 30.3 Å². The molecule has 2 rings (SSSR count). The fourth-order valence-electron chi connectivity index (χ4n) is 3.52. The number of nitrogens with one attached hydrogen (secondary N) is 1. The van der Waals surface area contributed by atoms with Crippen LogP contribution in [0.25, 0.3) is 0 Å². The normalized spacial score (nSPS) is 12.0. The Kier molecular flexibility index (Phi) is 9.92. The molecule has 0 aliphatic carbocycles. The fraction of sp³-hybridized carbons (Fsp3) is 0.440. The lowest BCUT2D eigenvalue weighted by atomic mass is 10.1. The van der Waals surface area contributed by atoms with Crippen LogP contribution in [0.5, 0.6) is 5.75 Å². The molecule has 9 heteroatoms. The second kappa shape index (κ2) is 12.4. The summed E-state index contributed by atoms with van der Waals surface area (Å²) in [6.07, 6.45) is 1.81. The Morgan fingerprint density at radius 3 is 2.41 bits per heavy atom. The number of nitrogens with zero attached hydrogens (tertiary/aromatic N) is 2. The number of anilines is 1. The number of amides is 2. The zero-order valence-corrected chi connectivity index (χ0v) is 21.4. The summed E-state index contributed by atoms with van der Waals surface area (Å²) in [7, 11) is -3.82. The van der Waals surface area contributed by atoms with Crippen LogP contribution in [-0.2, 0) is 26.2 Å². The first-order valence-electron chi connectivity index (χ1n) is 11.4. The highest BCUT2D eigenvalue weighted by molar-refractivity contribution is 7.92. The van der Waals surface area contributed by atoms with E-state index < -0.39 is 28.5 Å². The predicted molar refractivity (Wildman–Crippen MR) is 134 cm³/mol. The number of ether oxygens (including phenoxy) is 1. The molecule has 0 saturated carbocycles. The second-order valence-electron chi connectivity index (χ2n) is 8.15. The molecule has 0 saturated heterocycles. The molecule has 1 unspecified atom stereocenters. The standard InChI is InChI=1S/C25H35N3O5S/c1-6-15-26-25(30)20(4)27(17-21-12-10-11-19(3)16-21)24(29)18-28(34(5,31)32)22-13-8-9-14-23(22)33-7-2/h8-14,16,20H,6-7,15,17-18H2,1-5H3,(H,26,30). The maximum Gasteiger partial charge on any atom is 0.244 e. The van der Waals surface area contributed by atoms with Crippen molar-refractivity contribution < 1.29 is 22.7 Å². The number of hydrogen-bond acceptors (Lipinski definition) is 5. The minimum Gasteiger partial charge on any atom is -0.492 e. The van der Waals surface area contributed by atoms with Crippen molar-refractivity contribution in [3.05, 3.63) is 59.7 Å². The van der Waals surface area contributed by atoms with Crippen LogP contribution < -0.4 is 14.4 Å². The summed E-state index contributed by atoms with van der Waals surface area (Å²) in [5.41, 5.74) is 2.15. The molecule has 0 aromatic heterocycles. The maximum absolute atomic E-state index is 13.6. The van der Waals surface area contributed by atoms with Crippen molar-refractivity contribution in [3.63, 3.8) is 0 Å². The zero-order chi connectivity index (χ0) is 25.3. The third kappa shape index (κ3) is 7.48. The van der Waals surface area contributed by atoms with Gasteiger partial charge in [-0.15, -0.1) is 0 Å². The van der Waals surface area contributed by atoms with E-state index >= 15 is 0 Å². The van der Waals surface area contributed by atoms with E-state index in [0.717, 1.165) is 28.1 Å². The molecule has 0 aliphatic heterocycles. The monoisotopic (exact) mass is 489 g/mol. The summed E-state index contributed by atoms with van der Waals surface area (Å²) in [5.74, 6) is -0.414. The number of aryl methyl sites for hydroxylation is 1. The van der Waals surface area contributed by atoms with E-state index in [4.69, 9.17) is 4.74 Å². The average Bonchev–Trinajstić information content (AvgIpc) is 2.79. The fourth-order valence-corrected chi connectivity index (χ4v) is 4.37. The van der Waals surface area contributed by atoms with Crippen LogP contribution in [0, 0.1) is 6.92 Å². The number of benzene rings is 2. The van der Waals surface area contributed by atoms with Crippen molar-refractivity contribution in [2.45, 2.75) is 46.7 Å². The van der Waals surface area contributed by atoms with Crippen molar-refractivity contribution >= 4 is 27.5 Å². The van der Waals surface area contributed by atoms with Gasteiger partial charge in [0.2, 0.25) is 21.8 Å². The second-order valence-corrected chi connectivity index (χ2v) is 10.1. The molecule has 1 N–H and O–H groups in total. The van der Waals surface area contributed by atoms with Crippen molar-refractivity contribution in [1.82, 2.24) is 10.2 Å². The van der Waals surface area contributed by atoms with Crippen LogP contribution in [0.1, 0.15) is 38.3 Å². The molecule has 2 aromatic carbocycles. The van der Waals surface area contributed by atoms with E-state index in [1.807, 2.05) is 38.1 Å². The molecule has 0 heterocycles. The van der Waals surface area contributed by atoms with Gasteiger partial charge in [0.05, 0.1) is 18.6 Å². The summed E-state index contributed by atoms with van der Waals surface area (Å²) in [4.78, 5) is 27.7. The highest BCUT2D eigenvalue weighted by Crippen LogP contribution is 2.30. The van der Waals surface area contributed by atoms with Gasteiger partial charge >= 0.3 is 0 Å². The molecule has 1 atom stereocenters. The summed E-state index contributed by atoms with van der Waals surface area (Å²) >= 11 is 0. The molecule has 0 aliphatic rings. The molecule has 0 fully saturated rings. The molecule has 2 aromatic rings. The van der Waals surface area contributed by atoms with Gasteiger partial charge in [-0.3, -0.25) is 13.9 Å².